The molecular formula is C19H17F2N3O3. The number of amides is 1. The Bertz CT molecular complexity index is 1150. The van der Waals surface area contributed by atoms with E-state index in [1.54, 1.807) is 24.3 Å². The molecule has 140 valence electrons. The molecule has 2 aromatic carbocycles. The van der Waals surface area contributed by atoms with E-state index in [9.17, 15) is 23.2 Å². The van der Waals surface area contributed by atoms with Crippen molar-refractivity contribution in [3.8, 4) is 0 Å². The predicted octanol–water partition coefficient (Wildman–Crippen LogP) is 2.02. The Morgan fingerprint density at radius 2 is 1.85 bits per heavy atom. The highest BCUT2D eigenvalue weighted by molar-refractivity contribution is 5.84. The molecule has 8 heteroatoms. The maximum absolute atomic E-state index is 13.7. The summed E-state index contributed by atoms with van der Waals surface area (Å²) in [6.07, 6.45) is 0. The summed E-state index contributed by atoms with van der Waals surface area (Å²) < 4.78 is 27.5. The van der Waals surface area contributed by atoms with Crippen molar-refractivity contribution in [2.75, 3.05) is 0 Å². The first kappa shape index (κ1) is 18.5. The SMILES string of the molecule is CC(C)(C(=O)NCc1ccc(F)cc1F)n1c(=O)[nH]c2ccccc2c1=O. The molecule has 3 rings (SSSR count). The molecule has 2 N–H and O–H groups in total. The Kier molecular flexibility index (Phi) is 4.65. The summed E-state index contributed by atoms with van der Waals surface area (Å²) in [6, 6.07) is 9.47. The number of aromatic amines is 1. The van der Waals surface area contributed by atoms with Crippen LogP contribution in [0.15, 0.2) is 52.1 Å². The van der Waals surface area contributed by atoms with Crippen LogP contribution in [0.1, 0.15) is 19.4 Å². The topological polar surface area (TPSA) is 84.0 Å². The average Bonchev–Trinajstić information content (AvgIpc) is 2.60. The van der Waals surface area contributed by atoms with Gasteiger partial charge in [-0.25, -0.2) is 18.1 Å². The minimum atomic E-state index is -1.54. The van der Waals surface area contributed by atoms with E-state index < -0.39 is 34.3 Å². The van der Waals surface area contributed by atoms with Crippen LogP contribution in [0.4, 0.5) is 8.78 Å². The largest absolute Gasteiger partial charge is 0.350 e. The normalized spacial score (nSPS) is 11.6. The van der Waals surface area contributed by atoms with Gasteiger partial charge in [-0.1, -0.05) is 18.2 Å². The molecule has 27 heavy (non-hydrogen) atoms. The summed E-state index contributed by atoms with van der Waals surface area (Å²) >= 11 is 0. The number of aromatic nitrogens is 2. The van der Waals surface area contributed by atoms with Crippen LogP contribution < -0.4 is 16.6 Å². The number of benzene rings is 2. The average molecular weight is 373 g/mol. The van der Waals surface area contributed by atoms with Crippen molar-refractivity contribution in [2.24, 2.45) is 0 Å². The van der Waals surface area contributed by atoms with Gasteiger partial charge in [-0.05, 0) is 32.0 Å². The van der Waals surface area contributed by atoms with Crippen LogP contribution in [0.25, 0.3) is 10.9 Å². The predicted molar refractivity (Wildman–Crippen MR) is 96.4 cm³/mol. The summed E-state index contributed by atoms with van der Waals surface area (Å²) in [4.78, 5) is 40.3. The van der Waals surface area contributed by atoms with Crippen LogP contribution in [0, 0.1) is 11.6 Å². The van der Waals surface area contributed by atoms with Gasteiger partial charge in [-0.2, -0.15) is 0 Å². The van der Waals surface area contributed by atoms with E-state index in [2.05, 4.69) is 10.3 Å². The number of halogens is 2. The van der Waals surface area contributed by atoms with Gasteiger partial charge in [0.25, 0.3) is 5.56 Å². The molecule has 1 heterocycles. The van der Waals surface area contributed by atoms with Crippen LogP contribution in [0.5, 0.6) is 0 Å². The molecule has 3 aromatic rings. The van der Waals surface area contributed by atoms with Crippen molar-refractivity contribution >= 4 is 16.8 Å². The number of carbonyl (C=O) groups excluding carboxylic acids is 1. The Balaban J connectivity index is 1.94. The Labute approximate surface area is 152 Å². The maximum Gasteiger partial charge on any atom is 0.329 e. The van der Waals surface area contributed by atoms with Crippen LogP contribution in [-0.4, -0.2) is 15.5 Å². The zero-order valence-electron chi connectivity index (χ0n) is 14.7. The third-order valence-electron chi connectivity index (χ3n) is 4.37. The molecule has 0 aliphatic rings. The second-order valence-electron chi connectivity index (χ2n) is 6.59. The molecule has 0 spiro atoms. The first-order valence-corrected chi connectivity index (χ1v) is 8.18. The van der Waals surface area contributed by atoms with E-state index in [0.717, 1.165) is 10.6 Å². The molecular weight excluding hydrogens is 356 g/mol. The molecule has 0 radical (unpaired) electrons. The monoisotopic (exact) mass is 373 g/mol. The van der Waals surface area contributed by atoms with Crippen molar-refractivity contribution in [3.63, 3.8) is 0 Å². The van der Waals surface area contributed by atoms with E-state index in [1.165, 1.54) is 19.9 Å². The smallest absolute Gasteiger partial charge is 0.329 e. The quantitative estimate of drug-likeness (QED) is 0.734. The van der Waals surface area contributed by atoms with Crippen LogP contribution in [0.3, 0.4) is 0 Å². The number of carbonyl (C=O) groups is 1. The van der Waals surface area contributed by atoms with Gasteiger partial charge in [0, 0.05) is 18.2 Å². The molecule has 0 saturated heterocycles. The summed E-state index contributed by atoms with van der Waals surface area (Å²) in [6.45, 7) is 2.61. The van der Waals surface area contributed by atoms with E-state index in [0.29, 0.717) is 11.6 Å². The zero-order valence-corrected chi connectivity index (χ0v) is 14.7. The number of nitrogens with one attached hydrogen (secondary N) is 2. The van der Waals surface area contributed by atoms with Gasteiger partial charge in [0.2, 0.25) is 5.91 Å². The zero-order chi connectivity index (χ0) is 19.8. The lowest BCUT2D eigenvalue weighted by molar-refractivity contribution is -0.128. The van der Waals surface area contributed by atoms with Gasteiger partial charge >= 0.3 is 5.69 Å². The fraction of sp³-hybridized carbons (Fsp3) is 0.211. The third kappa shape index (κ3) is 3.38. The highest BCUT2D eigenvalue weighted by Crippen LogP contribution is 2.14. The summed E-state index contributed by atoms with van der Waals surface area (Å²) in [5.41, 5.74) is -2.42. The molecule has 0 unspecified atom stereocenters. The second kappa shape index (κ2) is 6.79. The van der Waals surface area contributed by atoms with E-state index >= 15 is 0 Å². The summed E-state index contributed by atoms with van der Waals surface area (Å²) in [5, 5.41) is 2.75. The molecule has 0 bridgehead atoms. The molecule has 0 fully saturated rings. The molecule has 6 nitrogen and oxygen atoms in total. The minimum Gasteiger partial charge on any atom is -0.350 e. The molecule has 0 saturated carbocycles. The highest BCUT2D eigenvalue weighted by Gasteiger charge is 2.33. The molecule has 0 aliphatic carbocycles. The van der Waals surface area contributed by atoms with Gasteiger partial charge in [0.05, 0.1) is 10.9 Å². The molecule has 1 aromatic heterocycles. The Hall–Kier alpha value is -3.29. The number of fused-ring (bicyclic) bond motifs is 1. The van der Waals surface area contributed by atoms with Crippen molar-refractivity contribution in [1.82, 2.24) is 14.9 Å². The van der Waals surface area contributed by atoms with Gasteiger partial charge in [-0.15, -0.1) is 0 Å². The van der Waals surface area contributed by atoms with Crippen molar-refractivity contribution in [2.45, 2.75) is 25.9 Å². The van der Waals surface area contributed by atoms with Gasteiger partial charge in [0.15, 0.2) is 0 Å². The van der Waals surface area contributed by atoms with Gasteiger partial charge in [-0.3, -0.25) is 9.59 Å². The van der Waals surface area contributed by atoms with Gasteiger partial charge < -0.3 is 10.3 Å². The maximum atomic E-state index is 13.7. The number of hydrogen-bond donors (Lipinski definition) is 2. The Morgan fingerprint density at radius 1 is 1.15 bits per heavy atom. The molecule has 0 aliphatic heterocycles. The Morgan fingerprint density at radius 3 is 2.56 bits per heavy atom. The van der Waals surface area contributed by atoms with E-state index in [1.807, 2.05) is 0 Å². The van der Waals surface area contributed by atoms with E-state index in [-0.39, 0.29) is 17.5 Å². The van der Waals surface area contributed by atoms with Crippen LogP contribution in [0.2, 0.25) is 0 Å². The number of hydrogen-bond acceptors (Lipinski definition) is 3. The number of H-pyrrole nitrogens is 1. The lowest BCUT2D eigenvalue weighted by atomic mass is 10.0. The summed E-state index contributed by atoms with van der Waals surface area (Å²) in [7, 11) is 0. The first-order chi connectivity index (χ1) is 12.7. The fourth-order valence-corrected chi connectivity index (χ4v) is 2.83. The third-order valence-corrected chi connectivity index (χ3v) is 4.37. The second-order valence-corrected chi connectivity index (χ2v) is 6.59. The van der Waals surface area contributed by atoms with Gasteiger partial charge in [0.1, 0.15) is 17.2 Å². The van der Waals surface area contributed by atoms with Crippen molar-refractivity contribution < 1.29 is 13.6 Å². The minimum absolute atomic E-state index is 0.0836. The van der Waals surface area contributed by atoms with E-state index in [4.69, 9.17) is 0 Å². The van der Waals surface area contributed by atoms with Crippen LogP contribution >= 0.6 is 0 Å². The highest BCUT2D eigenvalue weighted by atomic mass is 19.1. The lowest BCUT2D eigenvalue weighted by Gasteiger charge is -2.25. The summed E-state index contributed by atoms with van der Waals surface area (Å²) in [5.74, 6) is -2.18. The fourth-order valence-electron chi connectivity index (χ4n) is 2.83. The number of para-hydroxylation sites is 1. The lowest BCUT2D eigenvalue weighted by Crippen LogP contribution is -2.54. The number of nitrogens with zero attached hydrogens (tertiary/aromatic N) is 1. The van der Waals surface area contributed by atoms with Crippen LogP contribution in [-0.2, 0) is 16.9 Å². The number of rotatable bonds is 4. The first-order valence-electron chi connectivity index (χ1n) is 8.18. The van der Waals surface area contributed by atoms with Crippen molar-refractivity contribution in [1.29, 1.82) is 0 Å². The molecule has 1 amide bonds. The van der Waals surface area contributed by atoms with Crippen molar-refractivity contribution in [3.05, 3.63) is 80.5 Å². The molecule has 0 atom stereocenters. The standard InChI is InChI=1S/C19H17F2N3O3/c1-19(2,17(26)22-10-11-7-8-12(20)9-14(11)21)24-16(25)13-5-3-4-6-15(13)23-18(24)27/h3-9H,10H2,1-2H3,(H,22,26)(H,23,27).